The molecule has 7 heteroatoms. The number of halogens is 1. The molecule has 0 atom stereocenters. The van der Waals surface area contributed by atoms with Crippen molar-refractivity contribution >= 4 is 34.2 Å². The number of benzene rings is 1. The van der Waals surface area contributed by atoms with Crippen molar-refractivity contribution in [3.05, 3.63) is 40.7 Å². The van der Waals surface area contributed by atoms with E-state index in [0.29, 0.717) is 24.5 Å². The minimum Gasteiger partial charge on any atom is -0.343 e. The van der Waals surface area contributed by atoms with Crippen LogP contribution in [0.2, 0.25) is 5.02 Å². The number of hydrogen-bond donors (Lipinski definition) is 0. The molecule has 2 heterocycles. The van der Waals surface area contributed by atoms with Gasteiger partial charge in [0.15, 0.2) is 0 Å². The lowest BCUT2D eigenvalue weighted by molar-refractivity contribution is -0.130. The largest absolute Gasteiger partial charge is 0.343 e. The highest BCUT2D eigenvalue weighted by Gasteiger charge is 2.25. The Morgan fingerprint density at radius 2 is 1.96 bits per heavy atom. The number of aromatic nitrogens is 2. The van der Waals surface area contributed by atoms with E-state index in [4.69, 9.17) is 11.6 Å². The number of hydrogen-bond acceptors (Lipinski definition) is 5. The van der Waals surface area contributed by atoms with E-state index in [1.807, 2.05) is 29.2 Å². The summed E-state index contributed by atoms with van der Waals surface area (Å²) in [4.78, 5) is 21.3. The predicted molar refractivity (Wildman–Crippen MR) is 103 cm³/mol. The molecule has 0 aliphatic carbocycles. The molecule has 1 aromatic heterocycles. The molecular weight excluding hydrogens is 356 g/mol. The van der Waals surface area contributed by atoms with Crippen molar-refractivity contribution in [1.82, 2.24) is 14.3 Å². The first-order valence-electron chi connectivity index (χ1n) is 8.44. The first-order chi connectivity index (χ1) is 11.8. The highest BCUT2D eigenvalue weighted by Crippen LogP contribution is 2.26. The SMILES string of the molecule is CC(C)(C)c1nsc(N2CCN(C(=O)Cc3cccc(Cl)c3)CC2)n1. The van der Waals surface area contributed by atoms with Crippen molar-refractivity contribution in [3.8, 4) is 0 Å². The number of carbonyl (C=O) groups is 1. The van der Waals surface area contributed by atoms with Gasteiger partial charge in [0.2, 0.25) is 11.0 Å². The second-order valence-corrected chi connectivity index (χ2v) is 8.49. The molecule has 2 aromatic rings. The molecule has 25 heavy (non-hydrogen) atoms. The first kappa shape index (κ1) is 18.1. The number of nitrogens with zero attached hydrogens (tertiary/aromatic N) is 4. The van der Waals surface area contributed by atoms with Crippen molar-refractivity contribution in [2.24, 2.45) is 0 Å². The zero-order valence-corrected chi connectivity index (χ0v) is 16.4. The number of anilines is 1. The third-order valence-electron chi connectivity index (χ3n) is 4.23. The van der Waals surface area contributed by atoms with Crippen LogP contribution in [0.1, 0.15) is 32.2 Å². The molecule has 1 amide bonds. The smallest absolute Gasteiger partial charge is 0.227 e. The van der Waals surface area contributed by atoms with E-state index >= 15 is 0 Å². The van der Waals surface area contributed by atoms with E-state index in [0.717, 1.165) is 29.6 Å². The van der Waals surface area contributed by atoms with Crippen molar-refractivity contribution in [2.45, 2.75) is 32.6 Å². The van der Waals surface area contributed by atoms with Gasteiger partial charge in [-0.1, -0.05) is 44.5 Å². The summed E-state index contributed by atoms with van der Waals surface area (Å²) in [6.07, 6.45) is 0.396. The molecule has 5 nitrogen and oxygen atoms in total. The molecule has 0 saturated carbocycles. The monoisotopic (exact) mass is 378 g/mol. The topological polar surface area (TPSA) is 49.3 Å². The third kappa shape index (κ3) is 4.50. The van der Waals surface area contributed by atoms with Crippen LogP contribution in [0.3, 0.4) is 0 Å². The molecule has 0 bridgehead atoms. The molecule has 1 saturated heterocycles. The van der Waals surface area contributed by atoms with Crippen molar-refractivity contribution in [3.63, 3.8) is 0 Å². The lowest BCUT2D eigenvalue weighted by atomic mass is 9.96. The van der Waals surface area contributed by atoms with Crippen LogP contribution in [0, 0.1) is 0 Å². The maximum Gasteiger partial charge on any atom is 0.227 e. The average molecular weight is 379 g/mol. The van der Waals surface area contributed by atoms with Crippen LogP contribution in [0.25, 0.3) is 0 Å². The Labute approximate surface area is 157 Å². The molecule has 0 radical (unpaired) electrons. The molecule has 1 fully saturated rings. The van der Waals surface area contributed by atoms with Gasteiger partial charge in [0.1, 0.15) is 5.82 Å². The zero-order valence-electron chi connectivity index (χ0n) is 14.8. The normalized spacial score (nSPS) is 15.5. The standard InChI is InChI=1S/C18H23ClN4OS/c1-18(2,3)16-20-17(25-21-16)23-9-7-22(8-10-23)15(24)12-13-5-4-6-14(19)11-13/h4-6,11H,7-10,12H2,1-3H3. The van der Waals surface area contributed by atoms with Gasteiger partial charge in [-0.2, -0.15) is 4.37 Å². The molecule has 1 aromatic carbocycles. The molecule has 3 rings (SSSR count). The van der Waals surface area contributed by atoms with Gasteiger partial charge in [0, 0.05) is 48.1 Å². The van der Waals surface area contributed by atoms with E-state index in [1.165, 1.54) is 11.5 Å². The van der Waals surface area contributed by atoms with Crippen LogP contribution in [0.4, 0.5) is 5.13 Å². The Bertz CT molecular complexity index is 748. The van der Waals surface area contributed by atoms with Crippen LogP contribution in [0.15, 0.2) is 24.3 Å². The van der Waals surface area contributed by atoms with Gasteiger partial charge < -0.3 is 9.80 Å². The van der Waals surface area contributed by atoms with Crippen LogP contribution in [0.5, 0.6) is 0 Å². The van der Waals surface area contributed by atoms with Crippen molar-refractivity contribution in [1.29, 1.82) is 0 Å². The summed E-state index contributed by atoms with van der Waals surface area (Å²) in [6, 6.07) is 7.49. The van der Waals surface area contributed by atoms with E-state index in [1.54, 1.807) is 0 Å². The second kappa shape index (κ2) is 7.30. The zero-order chi connectivity index (χ0) is 18.0. The third-order valence-corrected chi connectivity index (χ3v) is 5.25. The molecule has 0 N–H and O–H groups in total. The second-order valence-electron chi connectivity index (χ2n) is 7.33. The fourth-order valence-electron chi connectivity index (χ4n) is 2.73. The number of rotatable bonds is 3. The Morgan fingerprint density at radius 1 is 1.24 bits per heavy atom. The van der Waals surface area contributed by atoms with Gasteiger partial charge in [0.05, 0.1) is 6.42 Å². The molecule has 0 spiro atoms. The summed E-state index contributed by atoms with van der Waals surface area (Å²) in [6.45, 7) is 9.36. The Hall–Kier alpha value is -1.66. The lowest BCUT2D eigenvalue weighted by Crippen LogP contribution is -2.49. The summed E-state index contributed by atoms with van der Waals surface area (Å²) < 4.78 is 4.48. The summed E-state index contributed by atoms with van der Waals surface area (Å²) in [5, 5.41) is 1.62. The Balaban J connectivity index is 1.56. The molecule has 1 aliphatic rings. The predicted octanol–water partition coefficient (Wildman–Crippen LogP) is 3.38. The molecule has 1 aliphatic heterocycles. The number of amides is 1. The Morgan fingerprint density at radius 3 is 2.56 bits per heavy atom. The molecule has 0 unspecified atom stereocenters. The Kier molecular flexibility index (Phi) is 5.29. The van der Waals surface area contributed by atoms with Crippen LogP contribution in [-0.2, 0) is 16.6 Å². The highest BCUT2D eigenvalue weighted by molar-refractivity contribution is 7.09. The minimum atomic E-state index is -0.0382. The van der Waals surface area contributed by atoms with Crippen LogP contribution >= 0.6 is 23.1 Å². The van der Waals surface area contributed by atoms with E-state index in [9.17, 15) is 4.79 Å². The molecular formula is C18H23ClN4OS. The number of carbonyl (C=O) groups excluding carboxylic acids is 1. The van der Waals surface area contributed by atoms with E-state index < -0.39 is 0 Å². The fourth-order valence-corrected chi connectivity index (χ4v) is 3.85. The van der Waals surface area contributed by atoms with Gasteiger partial charge in [-0.3, -0.25) is 4.79 Å². The summed E-state index contributed by atoms with van der Waals surface area (Å²) in [5.41, 5.74) is 0.919. The van der Waals surface area contributed by atoms with Gasteiger partial charge in [-0.15, -0.1) is 0 Å². The lowest BCUT2D eigenvalue weighted by Gasteiger charge is -2.34. The minimum absolute atomic E-state index is 0.0382. The maximum atomic E-state index is 12.5. The highest BCUT2D eigenvalue weighted by atomic mass is 35.5. The maximum absolute atomic E-state index is 12.5. The van der Waals surface area contributed by atoms with E-state index in [-0.39, 0.29) is 11.3 Å². The van der Waals surface area contributed by atoms with Gasteiger partial charge in [-0.05, 0) is 17.7 Å². The van der Waals surface area contributed by atoms with Gasteiger partial charge >= 0.3 is 0 Å². The van der Waals surface area contributed by atoms with Gasteiger partial charge in [0.25, 0.3) is 0 Å². The summed E-state index contributed by atoms with van der Waals surface area (Å²) in [7, 11) is 0. The van der Waals surface area contributed by atoms with Crippen LogP contribution < -0.4 is 4.90 Å². The number of piperazine rings is 1. The van der Waals surface area contributed by atoms with Gasteiger partial charge in [-0.25, -0.2) is 4.98 Å². The van der Waals surface area contributed by atoms with Crippen LogP contribution in [-0.4, -0.2) is 46.3 Å². The van der Waals surface area contributed by atoms with Crippen molar-refractivity contribution in [2.75, 3.05) is 31.1 Å². The molecule has 134 valence electrons. The average Bonchev–Trinajstić information content (AvgIpc) is 3.05. The van der Waals surface area contributed by atoms with Crippen molar-refractivity contribution < 1.29 is 4.79 Å². The first-order valence-corrected chi connectivity index (χ1v) is 9.59. The summed E-state index contributed by atoms with van der Waals surface area (Å²) >= 11 is 7.44. The van der Waals surface area contributed by atoms with E-state index in [2.05, 4.69) is 35.0 Å². The summed E-state index contributed by atoms with van der Waals surface area (Å²) in [5.74, 6) is 1.03. The fraction of sp³-hybridized carbons (Fsp3) is 0.500. The quantitative estimate of drug-likeness (QED) is 0.821.